The summed E-state index contributed by atoms with van der Waals surface area (Å²) in [5.74, 6) is -0.634. The molecule has 3 rings (SSSR count). The molecule has 142 valence electrons. The van der Waals surface area contributed by atoms with Gasteiger partial charge in [0.25, 0.3) is 0 Å². The van der Waals surface area contributed by atoms with E-state index in [2.05, 4.69) is 10.2 Å². The lowest BCUT2D eigenvalue weighted by atomic mass is 10.2. The lowest BCUT2D eigenvalue weighted by molar-refractivity contribution is -0.143. The first-order valence-corrected chi connectivity index (χ1v) is 8.77. The van der Waals surface area contributed by atoms with Gasteiger partial charge in [-0.2, -0.15) is 0 Å². The Morgan fingerprint density at radius 2 is 1.78 bits per heavy atom. The fourth-order valence-corrected chi connectivity index (χ4v) is 3.11. The lowest BCUT2D eigenvalue weighted by Crippen LogP contribution is -2.51. The predicted molar refractivity (Wildman–Crippen MR) is 103 cm³/mol. The third-order valence-corrected chi connectivity index (χ3v) is 4.59. The molecule has 0 unspecified atom stereocenters. The van der Waals surface area contributed by atoms with E-state index in [4.69, 9.17) is 4.74 Å². The molecule has 0 radical (unpaired) electrons. The SMILES string of the molecule is COc1ccccc1N1CCN(C(=O)C(=O)Nc2cc(C)ccc2O)CC1. The average molecular weight is 369 g/mol. The molecular weight excluding hydrogens is 346 g/mol. The highest BCUT2D eigenvalue weighted by Crippen LogP contribution is 2.28. The van der Waals surface area contributed by atoms with Crippen molar-refractivity contribution in [3.8, 4) is 11.5 Å². The summed E-state index contributed by atoms with van der Waals surface area (Å²) in [4.78, 5) is 28.4. The quantitative estimate of drug-likeness (QED) is 0.639. The molecule has 1 fully saturated rings. The average Bonchev–Trinajstić information content (AvgIpc) is 2.70. The van der Waals surface area contributed by atoms with Gasteiger partial charge in [-0.05, 0) is 36.8 Å². The van der Waals surface area contributed by atoms with Gasteiger partial charge in [0.15, 0.2) is 0 Å². The molecule has 2 aromatic carbocycles. The zero-order chi connectivity index (χ0) is 19.4. The van der Waals surface area contributed by atoms with Gasteiger partial charge in [0.1, 0.15) is 11.5 Å². The second-order valence-corrected chi connectivity index (χ2v) is 6.43. The van der Waals surface area contributed by atoms with Gasteiger partial charge in [0.05, 0.1) is 18.5 Å². The number of aromatic hydroxyl groups is 1. The molecule has 7 heteroatoms. The molecule has 1 saturated heterocycles. The fraction of sp³-hybridized carbons (Fsp3) is 0.300. The highest BCUT2D eigenvalue weighted by atomic mass is 16.5. The van der Waals surface area contributed by atoms with Gasteiger partial charge in [0, 0.05) is 26.2 Å². The Labute approximate surface area is 158 Å². The van der Waals surface area contributed by atoms with Gasteiger partial charge in [-0.1, -0.05) is 18.2 Å². The van der Waals surface area contributed by atoms with Crippen molar-refractivity contribution in [1.29, 1.82) is 0 Å². The van der Waals surface area contributed by atoms with E-state index in [-0.39, 0.29) is 11.4 Å². The van der Waals surface area contributed by atoms with E-state index in [0.717, 1.165) is 17.0 Å². The van der Waals surface area contributed by atoms with E-state index in [0.29, 0.717) is 26.2 Å². The van der Waals surface area contributed by atoms with Gasteiger partial charge in [-0.15, -0.1) is 0 Å². The molecule has 27 heavy (non-hydrogen) atoms. The van der Waals surface area contributed by atoms with Crippen LogP contribution in [0.3, 0.4) is 0 Å². The van der Waals surface area contributed by atoms with Crippen LogP contribution < -0.4 is 15.0 Å². The van der Waals surface area contributed by atoms with E-state index < -0.39 is 11.8 Å². The number of amides is 2. The first-order chi connectivity index (χ1) is 13.0. The van der Waals surface area contributed by atoms with Crippen LogP contribution in [0.1, 0.15) is 5.56 Å². The Morgan fingerprint density at radius 3 is 2.48 bits per heavy atom. The van der Waals surface area contributed by atoms with E-state index in [1.54, 1.807) is 19.2 Å². The minimum absolute atomic E-state index is 0.0669. The van der Waals surface area contributed by atoms with Gasteiger partial charge in [-0.3, -0.25) is 9.59 Å². The zero-order valence-electron chi connectivity index (χ0n) is 15.4. The fourth-order valence-electron chi connectivity index (χ4n) is 3.11. The summed E-state index contributed by atoms with van der Waals surface area (Å²) in [5, 5.41) is 12.3. The van der Waals surface area contributed by atoms with Crippen LogP contribution in [0.15, 0.2) is 42.5 Å². The van der Waals surface area contributed by atoms with Crippen LogP contribution in [-0.2, 0) is 9.59 Å². The number of carbonyl (C=O) groups is 2. The number of rotatable bonds is 3. The molecule has 1 heterocycles. The van der Waals surface area contributed by atoms with Crippen molar-refractivity contribution >= 4 is 23.2 Å². The van der Waals surface area contributed by atoms with Crippen LogP contribution in [0.4, 0.5) is 11.4 Å². The van der Waals surface area contributed by atoms with E-state index in [1.807, 2.05) is 31.2 Å². The Morgan fingerprint density at radius 1 is 1.07 bits per heavy atom. The van der Waals surface area contributed by atoms with Crippen molar-refractivity contribution in [1.82, 2.24) is 4.90 Å². The maximum atomic E-state index is 12.5. The van der Waals surface area contributed by atoms with Crippen LogP contribution in [0.2, 0.25) is 0 Å². The van der Waals surface area contributed by atoms with E-state index in [9.17, 15) is 14.7 Å². The van der Waals surface area contributed by atoms with Gasteiger partial charge < -0.3 is 25.0 Å². The largest absolute Gasteiger partial charge is 0.506 e. The number of nitrogens with one attached hydrogen (secondary N) is 1. The monoisotopic (exact) mass is 369 g/mol. The molecule has 0 spiro atoms. The van der Waals surface area contributed by atoms with Gasteiger partial charge in [0.2, 0.25) is 0 Å². The second kappa shape index (κ2) is 7.99. The van der Waals surface area contributed by atoms with E-state index in [1.165, 1.54) is 11.0 Å². The van der Waals surface area contributed by atoms with Crippen molar-refractivity contribution in [2.45, 2.75) is 6.92 Å². The number of aryl methyl sites for hydroxylation is 1. The molecule has 7 nitrogen and oxygen atoms in total. The summed E-state index contributed by atoms with van der Waals surface area (Å²) in [6, 6.07) is 12.6. The molecule has 0 saturated carbocycles. The molecule has 0 aliphatic carbocycles. The van der Waals surface area contributed by atoms with Crippen molar-refractivity contribution < 1.29 is 19.4 Å². The number of hydrogen-bond acceptors (Lipinski definition) is 5. The number of hydrogen-bond donors (Lipinski definition) is 2. The highest BCUT2D eigenvalue weighted by Gasteiger charge is 2.27. The number of carbonyl (C=O) groups excluding carboxylic acids is 2. The number of benzene rings is 2. The van der Waals surface area contributed by atoms with Crippen molar-refractivity contribution in [2.75, 3.05) is 43.5 Å². The summed E-state index contributed by atoms with van der Waals surface area (Å²) in [6.45, 7) is 3.92. The summed E-state index contributed by atoms with van der Waals surface area (Å²) < 4.78 is 5.39. The van der Waals surface area contributed by atoms with Crippen LogP contribution in [0.25, 0.3) is 0 Å². The summed E-state index contributed by atoms with van der Waals surface area (Å²) in [7, 11) is 1.63. The Hall–Kier alpha value is -3.22. The molecule has 1 aliphatic heterocycles. The van der Waals surface area contributed by atoms with Crippen LogP contribution >= 0.6 is 0 Å². The Kier molecular flexibility index (Phi) is 5.49. The Bertz CT molecular complexity index is 845. The first kappa shape index (κ1) is 18.6. The molecule has 2 amide bonds. The molecule has 2 aromatic rings. The number of piperazine rings is 1. The van der Waals surface area contributed by atoms with Gasteiger partial charge in [-0.25, -0.2) is 0 Å². The molecule has 2 N–H and O–H groups in total. The molecule has 1 aliphatic rings. The van der Waals surface area contributed by atoms with Crippen molar-refractivity contribution in [3.05, 3.63) is 48.0 Å². The molecule has 0 atom stereocenters. The minimum Gasteiger partial charge on any atom is -0.506 e. The predicted octanol–water partition coefficient (Wildman–Crippen LogP) is 2.00. The van der Waals surface area contributed by atoms with Crippen molar-refractivity contribution in [2.24, 2.45) is 0 Å². The van der Waals surface area contributed by atoms with Crippen LogP contribution in [0, 0.1) is 6.92 Å². The maximum absolute atomic E-state index is 12.5. The maximum Gasteiger partial charge on any atom is 0.314 e. The summed E-state index contributed by atoms with van der Waals surface area (Å²) >= 11 is 0. The number of ether oxygens (including phenoxy) is 1. The standard InChI is InChI=1S/C20H23N3O4/c1-14-7-8-17(24)15(13-14)21-19(25)20(26)23-11-9-22(10-12-23)16-5-3-4-6-18(16)27-2/h3-8,13,24H,9-12H2,1-2H3,(H,21,25). The van der Waals surface area contributed by atoms with Crippen LogP contribution in [-0.4, -0.2) is 55.1 Å². The first-order valence-electron chi connectivity index (χ1n) is 8.77. The van der Waals surface area contributed by atoms with E-state index >= 15 is 0 Å². The third-order valence-electron chi connectivity index (χ3n) is 4.59. The number of anilines is 2. The number of para-hydroxylation sites is 2. The highest BCUT2D eigenvalue weighted by molar-refractivity contribution is 6.39. The molecular formula is C20H23N3O4. The number of methoxy groups -OCH3 is 1. The lowest BCUT2D eigenvalue weighted by Gasteiger charge is -2.36. The topological polar surface area (TPSA) is 82.1 Å². The molecule has 0 aromatic heterocycles. The number of nitrogens with zero attached hydrogens (tertiary/aromatic N) is 2. The second-order valence-electron chi connectivity index (χ2n) is 6.43. The third kappa shape index (κ3) is 4.13. The number of phenols is 1. The van der Waals surface area contributed by atoms with Gasteiger partial charge >= 0.3 is 11.8 Å². The van der Waals surface area contributed by atoms with Crippen molar-refractivity contribution in [3.63, 3.8) is 0 Å². The number of phenolic OH excluding ortho intramolecular Hbond substituents is 1. The summed E-state index contributed by atoms with van der Waals surface area (Å²) in [5.41, 5.74) is 2.09. The molecule has 0 bridgehead atoms. The van der Waals surface area contributed by atoms with Crippen LogP contribution in [0.5, 0.6) is 11.5 Å². The Balaban J connectivity index is 1.61. The zero-order valence-corrected chi connectivity index (χ0v) is 15.4. The smallest absolute Gasteiger partial charge is 0.314 e. The minimum atomic E-state index is -0.748. The normalized spacial score (nSPS) is 14.0. The summed E-state index contributed by atoms with van der Waals surface area (Å²) in [6.07, 6.45) is 0.